The fourth-order valence-corrected chi connectivity index (χ4v) is 2.39. The van der Waals surface area contributed by atoms with Crippen molar-refractivity contribution >= 4 is 28.7 Å². The highest BCUT2D eigenvalue weighted by Gasteiger charge is 2.15. The molecule has 1 aromatic heterocycles. The Hall–Kier alpha value is -2.15. The third kappa shape index (κ3) is 4.16. The fourth-order valence-electron chi connectivity index (χ4n) is 1.53. The van der Waals surface area contributed by atoms with Crippen LogP contribution in [0.5, 0.6) is 0 Å². The fraction of sp³-hybridized carbons (Fsp3) is 0.286. The van der Waals surface area contributed by atoms with Crippen molar-refractivity contribution in [3.63, 3.8) is 0 Å². The number of amidine groups is 2. The molecule has 0 aromatic carbocycles. The molecule has 0 bridgehead atoms. The second-order valence-corrected chi connectivity index (χ2v) is 5.47. The van der Waals surface area contributed by atoms with E-state index in [1.54, 1.807) is 32.6 Å². The first-order chi connectivity index (χ1) is 10.1. The molecule has 21 heavy (non-hydrogen) atoms. The Labute approximate surface area is 127 Å². The van der Waals surface area contributed by atoms with Crippen molar-refractivity contribution in [1.82, 2.24) is 15.6 Å². The van der Waals surface area contributed by atoms with E-state index in [1.807, 2.05) is 13.0 Å². The summed E-state index contributed by atoms with van der Waals surface area (Å²) in [5.41, 5.74) is 1.63. The van der Waals surface area contributed by atoms with Crippen molar-refractivity contribution in [2.75, 3.05) is 7.05 Å². The lowest BCUT2D eigenvalue weighted by molar-refractivity contribution is -0.116. The zero-order chi connectivity index (χ0) is 15.2. The number of pyridine rings is 1. The van der Waals surface area contributed by atoms with Gasteiger partial charge in [-0.3, -0.25) is 19.8 Å². The highest BCUT2D eigenvalue weighted by Crippen LogP contribution is 2.27. The van der Waals surface area contributed by atoms with Gasteiger partial charge in [0.05, 0.1) is 12.4 Å². The zero-order valence-corrected chi connectivity index (χ0v) is 13.0. The van der Waals surface area contributed by atoms with Gasteiger partial charge in [-0.05, 0) is 19.9 Å². The predicted molar refractivity (Wildman–Crippen MR) is 85.3 cm³/mol. The van der Waals surface area contributed by atoms with Gasteiger partial charge in [-0.1, -0.05) is 11.8 Å². The molecule has 0 spiro atoms. The van der Waals surface area contributed by atoms with E-state index in [1.165, 1.54) is 11.8 Å². The average Bonchev–Trinajstić information content (AvgIpc) is 2.51. The number of aromatic nitrogens is 1. The molecule has 0 saturated carbocycles. The number of nitrogens with zero attached hydrogens (tertiary/aromatic N) is 3. The van der Waals surface area contributed by atoms with Crippen molar-refractivity contribution in [3.05, 3.63) is 35.8 Å². The summed E-state index contributed by atoms with van der Waals surface area (Å²) in [6.45, 7) is 4.10. The number of hydrogen-bond acceptors (Lipinski definition) is 5. The molecular weight excluding hydrogens is 286 g/mol. The normalized spacial score (nSPS) is 15.1. The maximum atomic E-state index is 12.1. The van der Waals surface area contributed by atoms with Crippen LogP contribution in [0.25, 0.3) is 0 Å². The predicted octanol–water partition coefficient (Wildman–Crippen LogP) is 1.70. The van der Waals surface area contributed by atoms with Crippen LogP contribution in [0.1, 0.15) is 19.4 Å². The van der Waals surface area contributed by atoms with Gasteiger partial charge in [-0.25, -0.2) is 0 Å². The summed E-state index contributed by atoms with van der Waals surface area (Å²) in [5.74, 6) is 0.558. The summed E-state index contributed by atoms with van der Waals surface area (Å²) in [6.07, 6.45) is 5.16. The first-order valence-corrected chi connectivity index (χ1v) is 7.25. The monoisotopic (exact) mass is 303 g/mol. The van der Waals surface area contributed by atoms with Gasteiger partial charge >= 0.3 is 0 Å². The lowest BCUT2D eigenvalue weighted by Crippen LogP contribution is -2.31. The molecule has 1 aliphatic heterocycles. The minimum absolute atomic E-state index is 0.185. The van der Waals surface area contributed by atoms with Crippen molar-refractivity contribution in [2.45, 2.75) is 25.3 Å². The summed E-state index contributed by atoms with van der Waals surface area (Å²) in [6, 6.07) is 1.92. The third-order valence-electron chi connectivity index (χ3n) is 2.87. The van der Waals surface area contributed by atoms with Crippen LogP contribution in [0.15, 0.2) is 45.1 Å². The number of thioether (sulfide) groups is 1. The van der Waals surface area contributed by atoms with Gasteiger partial charge in [-0.2, -0.15) is 0 Å². The number of carbonyl (C=O) groups is 1. The quantitative estimate of drug-likeness (QED) is 0.495. The summed E-state index contributed by atoms with van der Waals surface area (Å²) in [5, 5.41) is 6.35. The van der Waals surface area contributed by atoms with E-state index in [0.717, 1.165) is 16.3 Å². The van der Waals surface area contributed by atoms with E-state index in [0.29, 0.717) is 17.3 Å². The minimum Gasteiger partial charge on any atom is -0.350 e. The number of amides is 1. The summed E-state index contributed by atoms with van der Waals surface area (Å²) in [4.78, 5) is 25.5. The van der Waals surface area contributed by atoms with Crippen molar-refractivity contribution in [1.29, 1.82) is 0 Å². The molecule has 7 heteroatoms. The molecule has 0 aliphatic carbocycles. The van der Waals surface area contributed by atoms with E-state index >= 15 is 0 Å². The molecule has 2 heterocycles. The molecule has 110 valence electrons. The SMILES string of the molecule is CN=C(C)N/C=C(\C)C(=O)NC1=NCc2cnccc2S1. The molecule has 0 saturated heterocycles. The lowest BCUT2D eigenvalue weighted by Gasteiger charge is -2.15. The molecule has 0 radical (unpaired) electrons. The molecule has 0 fully saturated rings. The summed E-state index contributed by atoms with van der Waals surface area (Å²) in [7, 11) is 1.69. The number of hydrogen-bond donors (Lipinski definition) is 2. The van der Waals surface area contributed by atoms with Crippen LogP contribution >= 0.6 is 11.8 Å². The van der Waals surface area contributed by atoms with Crippen LogP contribution in [0.2, 0.25) is 0 Å². The molecule has 1 aliphatic rings. The number of nitrogens with one attached hydrogen (secondary N) is 2. The zero-order valence-electron chi connectivity index (χ0n) is 12.2. The molecular formula is C14H17N5OS. The Morgan fingerprint density at radius 3 is 3.05 bits per heavy atom. The molecule has 2 rings (SSSR count). The van der Waals surface area contributed by atoms with Crippen molar-refractivity contribution < 1.29 is 4.79 Å². The number of aliphatic imine (C=N–C) groups is 2. The van der Waals surface area contributed by atoms with Crippen LogP contribution in [0.3, 0.4) is 0 Å². The number of fused-ring (bicyclic) bond motifs is 1. The van der Waals surface area contributed by atoms with Gasteiger partial charge in [0.1, 0.15) is 0 Å². The third-order valence-corrected chi connectivity index (χ3v) is 3.91. The maximum absolute atomic E-state index is 12.1. The lowest BCUT2D eigenvalue weighted by atomic mass is 10.3. The van der Waals surface area contributed by atoms with E-state index in [-0.39, 0.29) is 5.91 Å². The second-order valence-electron chi connectivity index (χ2n) is 4.44. The van der Waals surface area contributed by atoms with Crippen LogP contribution in [-0.2, 0) is 11.3 Å². The van der Waals surface area contributed by atoms with E-state index in [2.05, 4.69) is 25.6 Å². The molecule has 0 unspecified atom stereocenters. The van der Waals surface area contributed by atoms with E-state index < -0.39 is 0 Å². The van der Waals surface area contributed by atoms with Gasteiger partial charge < -0.3 is 10.6 Å². The van der Waals surface area contributed by atoms with Gasteiger partial charge in [0.25, 0.3) is 5.91 Å². The van der Waals surface area contributed by atoms with Gasteiger partial charge in [0, 0.05) is 41.7 Å². The molecule has 0 atom stereocenters. The van der Waals surface area contributed by atoms with Crippen molar-refractivity contribution in [3.8, 4) is 0 Å². The first kappa shape index (κ1) is 15.2. The number of carbonyl (C=O) groups excluding carboxylic acids is 1. The van der Waals surface area contributed by atoms with Crippen LogP contribution in [-0.4, -0.2) is 28.9 Å². The second kappa shape index (κ2) is 7.03. The van der Waals surface area contributed by atoms with Crippen molar-refractivity contribution in [2.24, 2.45) is 9.98 Å². The van der Waals surface area contributed by atoms with E-state index in [9.17, 15) is 4.79 Å². The van der Waals surface area contributed by atoms with Crippen LogP contribution in [0, 0.1) is 0 Å². The molecule has 1 amide bonds. The molecule has 2 N–H and O–H groups in total. The maximum Gasteiger partial charge on any atom is 0.254 e. The Balaban J connectivity index is 1.97. The Bertz CT molecular complexity index is 636. The molecule has 6 nitrogen and oxygen atoms in total. The summed E-state index contributed by atoms with van der Waals surface area (Å²) >= 11 is 1.44. The van der Waals surface area contributed by atoms with Crippen LogP contribution in [0.4, 0.5) is 0 Å². The Morgan fingerprint density at radius 2 is 2.29 bits per heavy atom. The Kier molecular flexibility index (Phi) is 5.10. The largest absolute Gasteiger partial charge is 0.350 e. The average molecular weight is 303 g/mol. The van der Waals surface area contributed by atoms with Gasteiger partial charge in [-0.15, -0.1) is 0 Å². The van der Waals surface area contributed by atoms with Crippen LogP contribution < -0.4 is 10.6 Å². The minimum atomic E-state index is -0.185. The van der Waals surface area contributed by atoms with E-state index in [4.69, 9.17) is 0 Å². The highest BCUT2D eigenvalue weighted by molar-refractivity contribution is 8.14. The number of rotatable bonds is 2. The topological polar surface area (TPSA) is 78.7 Å². The standard InChI is InChI=1S/C14H17N5OS/c1-9(6-17-10(2)15-3)13(20)19-14-18-8-11-7-16-5-4-12(11)21-14/h4-7H,8H2,1-3H3,(H,15,17)(H,18,19,20)/b9-6+. The highest BCUT2D eigenvalue weighted by atomic mass is 32.2. The molecule has 1 aromatic rings. The smallest absolute Gasteiger partial charge is 0.254 e. The summed E-state index contributed by atoms with van der Waals surface area (Å²) < 4.78 is 0. The first-order valence-electron chi connectivity index (χ1n) is 6.43. The van der Waals surface area contributed by atoms with Gasteiger partial charge in [0.2, 0.25) is 0 Å². The van der Waals surface area contributed by atoms with Gasteiger partial charge in [0.15, 0.2) is 5.17 Å². The Morgan fingerprint density at radius 1 is 1.48 bits per heavy atom.